The summed E-state index contributed by atoms with van der Waals surface area (Å²) in [7, 11) is 0. The van der Waals surface area contributed by atoms with E-state index in [-0.39, 0.29) is 0 Å². The summed E-state index contributed by atoms with van der Waals surface area (Å²) in [5, 5.41) is 0. The molecule has 0 fully saturated rings. The maximum absolute atomic E-state index is 5.62. The Morgan fingerprint density at radius 1 is 0.533 bits per heavy atom. The highest BCUT2D eigenvalue weighted by Gasteiger charge is 1.96. The number of ether oxygens (including phenoxy) is 7. The summed E-state index contributed by atoms with van der Waals surface area (Å²) in [6, 6.07) is 7.28. The second-order valence-corrected chi connectivity index (χ2v) is 6.45. The highest BCUT2D eigenvalue weighted by atomic mass is 16.6. The Labute approximate surface area is 180 Å². The van der Waals surface area contributed by atoms with Crippen LogP contribution in [-0.4, -0.2) is 85.9 Å². The average molecular weight is 430 g/mol. The number of unbranched alkanes of at least 4 members (excludes halogenated alkanes) is 1. The van der Waals surface area contributed by atoms with E-state index in [0.717, 1.165) is 30.9 Å². The smallest absolute Gasteiger partial charge is 0.119 e. The van der Waals surface area contributed by atoms with E-state index in [1.807, 2.05) is 12.1 Å². The van der Waals surface area contributed by atoms with Gasteiger partial charge in [-0.25, -0.2) is 0 Å². The first-order valence-electron chi connectivity index (χ1n) is 10.8. The molecule has 0 saturated heterocycles. The molecule has 1 rings (SSSR count). The minimum atomic E-state index is 0.491. The average Bonchev–Trinajstić information content (AvgIpc) is 2.76. The maximum atomic E-state index is 5.62. The summed E-state index contributed by atoms with van der Waals surface area (Å²) in [6.07, 6.45) is 2.25. The summed E-state index contributed by atoms with van der Waals surface area (Å²) in [5.41, 5.74) is 6.34. The second-order valence-electron chi connectivity index (χ2n) is 6.45. The molecule has 0 saturated carbocycles. The lowest BCUT2D eigenvalue weighted by molar-refractivity contribution is -0.0178. The largest absolute Gasteiger partial charge is 0.491 e. The maximum Gasteiger partial charge on any atom is 0.119 e. The van der Waals surface area contributed by atoms with E-state index in [0.29, 0.717) is 79.3 Å². The zero-order valence-electron chi connectivity index (χ0n) is 18.4. The minimum absolute atomic E-state index is 0.491. The molecular formula is C22H39NO7. The molecule has 0 aromatic heterocycles. The minimum Gasteiger partial charge on any atom is -0.491 e. The van der Waals surface area contributed by atoms with Gasteiger partial charge in [-0.05, 0) is 30.7 Å². The molecule has 2 N–H and O–H groups in total. The van der Waals surface area contributed by atoms with E-state index >= 15 is 0 Å². The van der Waals surface area contributed by atoms with Gasteiger partial charge < -0.3 is 38.9 Å². The molecule has 1 aromatic carbocycles. The van der Waals surface area contributed by atoms with Crippen LogP contribution < -0.4 is 10.5 Å². The SMILES string of the molecule is CCCCOCCOCCOCCOCCOCCOCCOc1ccc(N)cc1. The van der Waals surface area contributed by atoms with Gasteiger partial charge in [0.25, 0.3) is 0 Å². The first-order chi connectivity index (χ1) is 14.8. The summed E-state index contributed by atoms with van der Waals surface area (Å²) in [4.78, 5) is 0. The van der Waals surface area contributed by atoms with E-state index in [4.69, 9.17) is 38.9 Å². The lowest BCUT2D eigenvalue weighted by atomic mass is 10.3. The quantitative estimate of drug-likeness (QED) is 0.222. The van der Waals surface area contributed by atoms with E-state index < -0.39 is 0 Å². The van der Waals surface area contributed by atoms with Gasteiger partial charge in [-0.15, -0.1) is 0 Å². The lowest BCUT2D eigenvalue weighted by Crippen LogP contribution is -2.14. The molecule has 30 heavy (non-hydrogen) atoms. The van der Waals surface area contributed by atoms with Gasteiger partial charge in [-0.2, -0.15) is 0 Å². The fourth-order valence-electron chi connectivity index (χ4n) is 2.23. The van der Waals surface area contributed by atoms with Crippen molar-refractivity contribution in [3.8, 4) is 5.75 Å². The molecule has 0 aliphatic rings. The normalized spacial score (nSPS) is 11.1. The van der Waals surface area contributed by atoms with Crippen LogP contribution >= 0.6 is 0 Å². The van der Waals surface area contributed by atoms with Crippen molar-refractivity contribution < 1.29 is 33.2 Å². The van der Waals surface area contributed by atoms with Crippen LogP contribution in [-0.2, 0) is 28.4 Å². The lowest BCUT2D eigenvalue weighted by Gasteiger charge is -2.09. The molecule has 0 bridgehead atoms. The molecule has 0 heterocycles. The number of nitrogens with two attached hydrogens (primary N) is 1. The topological polar surface area (TPSA) is 90.6 Å². The van der Waals surface area contributed by atoms with Crippen molar-refractivity contribution in [2.24, 2.45) is 0 Å². The highest BCUT2D eigenvalue weighted by Crippen LogP contribution is 2.12. The standard InChI is InChI=1S/C22H39NO7/c1-2-3-8-24-9-10-25-11-12-26-13-14-27-15-16-28-17-18-29-19-20-30-22-6-4-21(23)5-7-22/h4-7H,2-3,8-20,23H2,1H3. The highest BCUT2D eigenvalue weighted by molar-refractivity contribution is 5.41. The van der Waals surface area contributed by atoms with Crippen molar-refractivity contribution in [2.45, 2.75) is 19.8 Å². The Morgan fingerprint density at radius 2 is 0.900 bits per heavy atom. The van der Waals surface area contributed by atoms with Crippen LogP contribution in [0.1, 0.15) is 19.8 Å². The van der Waals surface area contributed by atoms with Gasteiger partial charge in [0.1, 0.15) is 12.4 Å². The molecule has 0 atom stereocenters. The van der Waals surface area contributed by atoms with Gasteiger partial charge in [0, 0.05) is 12.3 Å². The molecule has 0 radical (unpaired) electrons. The number of nitrogen functional groups attached to an aromatic ring is 1. The van der Waals surface area contributed by atoms with Crippen LogP contribution in [0.5, 0.6) is 5.75 Å². The second kappa shape index (κ2) is 20.8. The van der Waals surface area contributed by atoms with Crippen LogP contribution in [0.15, 0.2) is 24.3 Å². The van der Waals surface area contributed by atoms with Crippen LogP contribution in [0.3, 0.4) is 0 Å². The van der Waals surface area contributed by atoms with Gasteiger partial charge in [-0.1, -0.05) is 13.3 Å². The Morgan fingerprint density at radius 3 is 1.30 bits per heavy atom. The number of benzene rings is 1. The van der Waals surface area contributed by atoms with Crippen molar-refractivity contribution in [3.63, 3.8) is 0 Å². The molecular weight excluding hydrogens is 390 g/mol. The third kappa shape index (κ3) is 17.4. The van der Waals surface area contributed by atoms with E-state index in [9.17, 15) is 0 Å². The Hall–Kier alpha value is -1.42. The molecule has 8 nitrogen and oxygen atoms in total. The summed E-state index contributed by atoms with van der Waals surface area (Å²) < 4.78 is 38.1. The fraction of sp³-hybridized carbons (Fsp3) is 0.727. The van der Waals surface area contributed by atoms with E-state index in [1.54, 1.807) is 12.1 Å². The predicted octanol–water partition coefficient (Wildman–Crippen LogP) is 2.55. The first kappa shape index (κ1) is 26.6. The third-order valence-electron chi connectivity index (χ3n) is 3.88. The van der Waals surface area contributed by atoms with Crippen LogP contribution in [0.4, 0.5) is 5.69 Å². The monoisotopic (exact) mass is 429 g/mol. The molecule has 0 aliphatic heterocycles. The molecule has 1 aromatic rings. The van der Waals surface area contributed by atoms with Gasteiger partial charge in [-0.3, -0.25) is 0 Å². The molecule has 0 amide bonds. The van der Waals surface area contributed by atoms with Crippen molar-refractivity contribution in [3.05, 3.63) is 24.3 Å². The molecule has 0 unspecified atom stereocenters. The van der Waals surface area contributed by atoms with Crippen LogP contribution in [0.2, 0.25) is 0 Å². The third-order valence-corrected chi connectivity index (χ3v) is 3.88. The van der Waals surface area contributed by atoms with Crippen molar-refractivity contribution in [1.29, 1.82) is 0 Å². The van der Waals surface area contributed by atoms with Gasteiger partial charge in [0.15, 0.2) is 0 Å². The Bertz CT molecular complexity index is 473. The Kier molecular flexibility index (Phi) is 18.5. The Balaban J connectivity index is 1.68. The summed E-state index contributed by atoms with van der Waals surface area (Å²) >= 11 is 0. The molecule has 0 aliphatic carbocycles. The van der Waals surface area contributed by atoms with Crippen molar-refractivity contribution in [2.75, 3.05) is 91.6 Å². The molecule has 0 spiro atoms. The zero-order chi connectivity index (χ0) is 21.5. The predicted molar refractivity (Wildman–Crippen MR) is 116 cm³/mol. The fourth-order valence-corrected chi connectivity index (χ4v) is 2.23. The van der Waals surface area contributed by atoms with Crippen molar-refractivity contribution >= 4 is 5.69 Å². The summed E-state index contributed by atoms with van der Waals surface area (Å²) in [6.45, 7) is 9.57. The number of rotatable bonds is 22. The number of hydrogen-bond donors (Lipinski definition) is 1. The van der Waals surface area contributed by atoms with E-state index in [1.165, 1.54) is 0 Å². The summed E-state index contributed by atoms with van der Waals surface area (Å²) in [5.74, 6) is 0.783. The van der Waals surface area contributed by atoms with Gasteiger partial charge >= 0.3 is 0 Å². The van der Waals surface area contributed by atoms with Gasteiger partial charge in [0.05, 0.1) is 72.7 Å². The zero-order valence-corrected chi connectivity index (χ0v) is 18.4. The van der Waals surface area contributed by atoms with Crippen LogP contribution in [0, 0.1) is 0 Å². The molecule has 174 valence electrons. The number of anilines is 1. The molecule has 8 heteroatoms. The van der Waals surface area contributed by atoms with Crippen LogP contribution in [0.25, 0.3) is 0 Å². The van der Waals surface area contributed by atoms with Crippen molar-refractivity contribution in [1.82, 2.24) is 0 Å². The van der Waals surface area contributed by atoms with E-state index in [2.05, 4.69) is 6.92 Å². The first-order valence-corrected chi connectivity index (χ1v) is 10.8. The number of hydrogen-bond acceptors (Lipinski definition) is 8. The van der Waals surface area contributed by atoms with Gasteiger partial charge in [0.2, 0.25) is 0 Å².